The average Bonchev–Trinajstić information content (AvgIpc) is 2.86. The SMILES string of the molecule is CCC1CCCCN1C(=O)CSc1nc2cc(C(=O)OC)ccc2c(=O)n1-c1ccccc1. The van der Waals surface area contributed by atoms with Gasteiger partial charge in [0.25, 0.3) is 5.56 Å². The van der Waals surface area contributed by atoms with Crippen molar-refractivity contribution in [1.82, 2.24) is 14.5 Å². The predicted molar refractivity (Wildman–Crippen MR) is 129 cm³/mol. The quantitative estimate of drug-likeness (QED) is 0.310. The molecule has 172 valence electrons. The molecule has 1 aromatic heterocycles. The minimum atomic E-state index is -0.494. The maximum atomic E-state index is 13.4. The second-order valence-electron chi connectivity index (χ2n) is 8.03. The van der Waals surface area contributed by atoms with Gasteiger partial charge in [-0.1, -0.05) is 36.9 Å². The van der Waals surface area contributed by atoms with Crippen molar-refractivity contribution in [3.8, 4) is 5.69 Å². The molecule has 0 aliphatic carbocycles. The monoisotopic (exact) mass is 465 g/mol. The van der Waals surface area contributed by atoms with Crippen LogP contribution in [0.25, 0.3) is 16.6 Å². The van der Waals surface area contributed by atoms with Gasteiger partial charge in [-0.15, -0.1) is 0 Å². The van der Waals surface area contributed by atoms with Gasteiger partial charge < -0.3 is 9.64 Å². The van der Waals surface area contributed by atoms with Gasteiger partial charge in [0.05, 0.1) is 35.0 Å². The molecular formula is C25H27N3O4S. The fourth-order valence-corrected chi connectivity index (χ4v) is 5.17. The van der Waals surface area contributed by atoms with Crippen LogP contribution in [-0.4, -0.2) is 51.8 Å². The first-order chi connectivity index (χ1) is 16.0. The number of thioether (sulfide) groups is 1. The number of benzene rings is 2. The molecule has 1 aliphatic heterocycles. The van der Waals surface area contributed by atoms with Gasteiger partial charge in [0, 0.05) is 12.6 Å². The lowest BCUT2D eigenvalue weighted by Crippen LogP contribution is -2.44. The Kier molecular flexibility index (Phi) is 7.13. The summed E-state index contributed by atoms with van der Waals surface area (Å²) in [5.74, 6) is -0.243. The molecule has 7 nitrogen and oxygen atoms in total. The summed E-state index contributed by atoms with van der Waals surface area (Å²) >= 11 is 1.25. The Morgan fingerprint density at radius 3 is 2.67 bits per heavy atom. The number of aromatic nitrogens is 2. The highest BCUT2D eigenvalue weighted by Crippen LogP contribution is 2.25. The molecule has 0 spiro atoms. The summed E-state index contributed by atoms with van der Waals surface area (Å²) in [7, 11) is 1.31. The van der Waals surface area contributed by atoms with Crippen LogP contribution in [0, 0.1) is 0 Å². The lowest BCUT2D eigenvalue weighted by molar-refractivity contribution is -0.132. The third kappa shape index (κ3) is 4.80. The molecule has 2 heterocycles. The largest absolute Gasteiger partial charge is 0.465 e. The number of ether oxygens (including phenoxy) is 1. The molecule has 0 N–H and O–H groups in total. The number of rotatable bonds is 6. The molecule has 1 saturated heterocycles. The summed E-state index contributed by atoms with van der Waals surface area (Å²) in [6.45, 7) is 2.89. The second-order valence-corrected chi connectivity index (χ2v) is 8.97. The minimum Gasteiger partial charge on any atom is -0.465 e. The Morgan fingerprint density at radius 2 is 1.94 bits per heavy atom. The maximum Gasteiger partial charge on any atom is 0.337 e. The fourth-order valence-electron chi connectivity index (χ4n) is 4.27. The van der Waals surface area contributed by atoms with E-state index in [4.69, 9.17) is 9.72 Å². The third-order valence-corrected chi connectivity index (χ3v) is 6.94. The number of fused-ring (bicyclic) bond motifs is 1. The van der Waals surface area contributed by atoms with Crippen molar-refractivity contribution in [1.29, 1.82) is 0 Å². The third-order valence-electron chi connectivity index (χ3n) is 6.02. The number of carbonyl (C=O) groups excluding carboxylic acids is 2. The summed E-state index contributed by atoms with van der Waals surface area (Å²) in [5, 5.41) is 0.809. The lowest BCUT2D eigenvalue weighted by atomic mass is 10.0. The van der Waals surface area contributed by atoms with Gasteiger partial charge >= 0.3 is 5.97 Å². The Balaban J connectivity index is 1.73. The van der Waals surface area contributed by atoms with E-state index in [1.165, 1.54) is 23.4 Å². The van der Waals surface area contributed by atoms with Gasteiger partial charge in [0.15, 0.2) is 5.16 Å². The zero-order chi connectivity index (χ0) is 23.4. The van der Waals surface area contributed by atoms with Gasteiger partial charge in [-0.2, -0.15) is 0 Å². The highest BCUT2D eigenvalue weighted by Gasteiger charge is 2.26. The molecule has 1 fully saturated rings. The Bertz CT molecular complexity index is 1230. The highest BCUT2D eigenvalue weighted by atomic mass is 32.2. The number of carbonyl (C=O) groups is 2. The van der Waals surface area contributed by atoms with Crippen LogP contribution in [-0.2, 0) is 9.53 Å². The van der Waals surface area contributed by atoms with Crippen molar-refractivity contribution in [3.05, 3.63) is 64.4 Å². The summed E-state index contributed by atoms with van der Waals surface area (Å²) in [5.41, 5.74) is 1.14. The van der Waals surface area contributed by atoms with E-state index >= 15 is 0 Å². The number of nitrogens with zero attached hydrogens (tertiary/aromatic N) is 3. The summed E-state index contributed by atoms with van der Waals surface area (Å²) in [6, 6.07) is 14.2. The first-order valence-corrected chi connectivity index (χ1v) is 12.1. The molecular weight excluding hydrogens is 438 g/mol. The number of piperidine rings is 1. The molecule has 4 rings (SSSR count). The van der Waals surface area contributed by atoms with Crippen molar-refractivity contribution in [3.63, 3.8) is 0 Å². The van der Waals surface area contributed by atoms with Crippen LogP contribution < -0.4 is 5.56 Å². The van der Waals surface area contributed by atoms with Gasteiger partial charge in [-0.3, -0.25) is 14.2 Å². The molecule has 1 amide bonds. The van der Waals surface area contributed by atoms with Gasteiger partial charge in [-0.05, 0) is 56.0 Å². The lowest BCUT2D eigenvalue weighted by Gasteiger charge is -2.35. The number of hydrogen-bond donors (Lipinski definition) is 0. The van der Waals surface area contributed by atoms with Crippen LogP contribution in [0.2, 0.25) is 0 Å². The summed E-state index contributed by atoms with van der Waals surface area (Å²) in [4.78, 5) is 45.1. The van der Waals surface area contributed by atoms with Gasteiger partial charge in [-0.25, -0.2) is 9.78 Å². The maximum absolute atomic E-state index is 13.4. The van der Waals surface area contributed by atoms with E-state index in [2.05, 4.69) is 6.92 Å². The molecule has 2 aromatic carbocycles. The number of likely N-dealkylation sites (tertiary alicyclic amines) is 1. The number of hydrogen-bond acceptors (Lipinski definition) is 6. The summed E-state index contributed by atoms with van der Waals surface area (Å²) in [6.07, 6.45) is 4.14. The smallest absolute Gasteiger partial charge is 0.337 e. The zero-order valence-electron chi connectivity index (χ0n) is 18.8. The molecule has 0 radical (unpaired) electrons. The van der Waals surface area contributed by atoms with E-state index in [1.807, 2.05) is 35.2 Å². The van der Waals surface area contributed by atoms with Crippen molar-refractivity contribution in [2.75, 3.05) is 19.4 Å². The predicted octanol–water partition coefficient (Wildman–Crippen LogP) is 4.06. The molecule has 0 saturated carbocycles. The van der Waals surface area contributed by atoms with Crippen molar-refractivity contribution in [2.24, 2.45) is 0 Å². The van der Waals surface area contributed by atoms with Crippen LogP contribution >= 0.6 is 11.8 Å². The van der Waals surface area contributed by atoms with E-state index in [9.17, 15) is 14.4 Å². The van der Waals surface area contributed by atoms with E-state index in [0.29, 0.717) is 27.3 Å². The average molecular weight is 466 g/mol. The van der Waals surface area contributed by atoms with Crippen molar-refractivity contribution >= 4 is 34.5 Å². The molecule has 0 bridgehead atoms. The first kappa shape index (κ1) is 23.0. The van der Waals surface area contributed by atoms with Crippen LogP contribution in [0.1, 0.15) is 43.0 Å². The van der Waals surface area contributed by atoms with Crippen molar-refractivity contribution in [2.45, 2.75) is 43.8 Å². The van der Waals surface area contributed by atoms with Gasteiger partial charge in [0.2, 0.25) is 5.91 Å². The van der Waals surface area contributed by atoms with Gasteiger partial charge in [0.1, 0.15) is 0 Å². The van der Waals surface area contributed by atoms with Crippen LogP contribution in [0.15, 0.2) is 58.5 Å². The number of methoxy groups -OCH3 is 1. The Morgan fingerprint density at radius 1 is 1.15 bits per heavy atom. The van der Waals surface area contributed by atoms with Crippen LogP contribution in [0.3, 0.4) is 0 Å². The zero-order valence-corrected chi connectivity index (χ0v) is 19.6. The van der Waals surface area contributed by atoms with Crippen LogP contribution in [0.4, 0.5) is 0 Å². The van der Waals surface area contributed by atoms with Crippen LogP contribution in [0.5, 0.6) is 0 Å². The highest BCUT2D eigenvalue weighted by molar-refractivity contribution is 7.99. The second kappa shape index (κ2) is 10.2. The standard InChI is InChI=1S/C25H27N3O4S/c1-3-18-9-7-8-14-27(18)22(29)16-33-25-26-21-15-17(24(31)32-2)12-13-20(21)23(30)28(25)19-10-5-4-6-11-19/h4-6,10-13,15,18H,3,7-9,14,16H2,1-2H3. The van der Waals surface area contributed by atoms with E-state index in [0.717, 1.165) is 32.2 Å². The minimum absolute atomic E-state index is 0.0591. The topological polar surface area (TPSA) is 81.5 Å². The molecule has 1 unspecified atom stereocenters. The molecule has 33 heavy (non-hydrogen) atoms. The molecule has 1 aliphatic rings. The van der Waals surface area contributed by atoms with Crippen molar-refractivity contribution < 1.29 is 14.3 Å². The van der Waals surface area contributed by atoms with E-state index < -0.39 is 5.97 Å². The Hall–Kier alpha value is -3.13. The van der Waals surface area contributed by atoms with E-state index in [-0.39, 0.29) is 23.3 Å². The fraction of sp³-hybridized carbons (Fsp3) is 0.360. The molecule has 8 heteroatoms. The number of esters is 1. The summed E-state index contributed by atoms with van der Waals surface area (Å²) < 4.78 is 6.33. The van der Waals surface area contributed by atoms with E-state index in [1.54, 1.807) is 18.2 Å². The Labute approximate surface area is 196 Å². The molecule has 3 aromatic rings. The number of amides is 1. The normalized spacial score (nSPS) is 16.1. The first-order valence-electron chi connectivity index (χ1n) is 11.2. The molecule has 1 atom stereocenters. The number of para-hydroxylation sites is 1.